The molecule has 7 nitrogen and oxygen atoms in total. The molecule has 3 heterocycles. The van der Waals surface area contributed by atoms with Crippen LogP contribution in [0.1, 0.15) is 55.8 Å². The third kappa shape index (κ3) is 5.39. The van der Waals surface area contributed by atoms with Crippen LogP contribution in [0.5, 0.6) is 0 Å². The number of benzene rings is 4. The molecular formula is C36H32FN5O2. The van der Waals surface area contributed by atoms with Gasteiger partial charge >= 0.3 is 0 Å². The summed E-state index contributed by atoms with van der Waals surface area (Å²) < 4.78 is 14.9. The standard InChI is InChI=1S/C36H32FN5O2/c37-31-14-10-27(11-15-31)20-26-8-12-28(13-9-26)34(43)40-18-16-36(17-19-40)23-41(22-30-4-1-2-7-33(30)36)35(44)29-5-3-6-32(21-29)42-25-38-24-39-42/h1-15,21,24-25H,16-20,22-23H2. The number of piperidine rings is 1. The van der Waals surface area contributed by atoms with Gasteiger partial charge in [0.25, 0.3) is 11.8 Å². The molecule has 220 valence electrons. The molecule has 2 amide bonds. The van der Waals surface area contributed by atoms with Crippen LogP contribution in [0, 0.1) is 5.82 Å². The van der Waals surface area contributed by atoms with E-state index in [0.29, 0.717) is 43.7 Å². The van der Waals surface area contributed by atoms with Gasteiger partial charge in [0.2, 0.25) is 0 Å². The van der Waals surface area contributed by atoms with Gasteiger partial charge in [-0.2, -0.15) is 5.10 Å². The van der Waals surface area contributed by atoms with E-state index in [1.165, 1.54) is 24.0 Å². The Bertz CT molecular complexity index is 1790. The van der Waals surface area contributed by atoms with Gasteiger partial charge in [0, 0.05) is 42.7 Å². The molecule has 1 fully saturated rings. The average Bonchev–Trinajstić information content (AvgIpc) is 3.62. The fourth-order valence-electron chi connectivity index (χ4n) is 6.69. The van der Waals surface area contributed by atoms with Crippen LogP contribution in [0.15, 0.2) is 110 Å². The zero-order chi connectivity index (χ0) is 30.1. The van der Waals surface area contributed by atoms with Crippen molar-refractivity contribution in [1.29, 1.82) is 0 Å². The van der Waals surface area contributed by atoms with Crippen molar-refractivity contribution in [1.82, 2.24) is 24.6 Å². The highest BCUT2D eigenvalue weighted by Crippen LogP contribution is 2.42. The molecule has 0 atom stereocenters. The molecule has 0 radical (unpaired) electrons. The summed E-state index contributed by atoms with van der Waals surface area (Å²) in [6.07, 6.45) is 5.33. The van der Waals surface area contributed by atoms with E-state index in [2.05, 4.69) is 28.3 Å². The second-order valence-corrected chi connectivity index (χ2v) is 11.8. The van der Waals surface area contributed by atoms with Crippen LogP contribution < -0.4 is 0 Å². The number of nitrogens with zero attached hydrogens (tertiary/aromatic N) is 5. The van der Waals surface area contributed by atoms with E-state index < -0.39 is 0 Å². The van der Waals surface area contributed by atoms with Crippen molar-refractivity contribution in [3.05, 3.63) is 149 Å². The topological polar surface area (TPSA) is 71.3 Å². The minimum Gasteiger partial charge on any atom is -0.339 e. The maximum atomic E-state index is 13.9. The zero-order valence-corrected chi connectivity index (χ0v) is 24.3. The second kappa shape index (κ2) is 11.5. The molecule has 1 spiro atoms. The number of amides is 2. The summed E-state index contributed by atoms with van der Waals surface area (Å²) in [6.45, 7) is 2.40. The second-order valence-electron chi connectivity index (χ2n) is 11.8. The predicted octanol–water partition coefficient (Wildman–Crippen LogP) is 5.83. The number of halogens is 1. The van der Waals surface area contributed by atoms with Crippen LogP contribution in [-0.4, -0.2) is 56.0 Å². The highest BCUT2D eigenvalue weighted by atomic mass is 19.1. The number of rotatable bonds is 5. The molecule has 44 heavy (non-hydrogen) atoms. The molecule has 0 unspecified atom stereocenters. The Kier molecular flexibility index (Phi) is 7.26. The third-order valence-corrected chi connectivity index (χ3v) is 9.04. The molecule has 0 N–H and O–H groups in total. The summed E-state index contributed by atoms with van der Waals surface area (Å²) in [6, 6.07) is 30.1. The van der Waals surface area contributed by atoms with Crippen LogP contribution in [0.3, 0.4) is 0 Å². The summed E-state index contributed by atoms with van der Waals surface area (Å²) >= 11 is 0. The first-order valence-electron chi connectivity index (χ1n) is 14.9. The Morgan fingerprint density at radius 3 is 2.20 bits per heavy atom. The average molecular weight is 586 g/mol. The largest absolute Gasteiger partial charge is 0.339 e. The first kappa shape index (κ1) is 27.7. The molecule has 5 aromatic rings. The molecule has 1 saturated heterocycles. The van der Waals surface area contributed by atoms with Crippen molar-refractivity contribution < 1.29 is 14.0 Å². The van der Waals surface area contributed by atoms with Crippen molar-refractivity contribution >= 4 is 11.8 Å². The van der Waals surface area contributed by atoms with E-state index in [4.69, 9.17) is 0 Å². The monoisotopic (exact) mass is 585 g/mol. The Labute approximate surface area is 255 Å². The van der Waals surface area contributed by atoms with Gasteiger partial charge < -0.3 is 9.80 Å². The number of aromatic nitrogens is 3. The lowest BCUT2D eigenvalue weighted by Gasteiger charge is -2.48. The predicted molar refractivity (Wildman–Crippen MR) is 165 cm³/mol. The minimum atomic E-state index is -0.247. The molecular weight excluding hydrogens is 553 g/mol. The van der Waals surface area contributed by atoms with Crippen LogP contribution in [-0.2, 0) is 18.4 Å². The molecule has 1 aromatic heterocycles. The summed E-state index contributed by atoms with van der Waals surface area (Å²) in [4.78, 5) is 35.3. The molecule has 2 aliphatic heterocycles. The van der Waals surface area contributed by atoms with Crippen LogP contribution >= 0.6 is 0 Å². The number of hydrogen-bond donors (Lipinski definition) is 0. The number of hydrogen-bond acceptors (Lipinski definition) is 4. The van der Waals surface area contributed by atoms with E-state index in [-0.39, 0.29) is 23.0 Å². The van der Waals surface area contributed by atoms with Crippen LogP contribution in [0.25, 0.3) is 5.69 Å². The van der Waals surface area contributed by atoms with Crippen LogP contribution in [0.2, 0.25) is 0 Å². The van der Waals surface area contributed by atoms with Gasteiger partial charge in [0.05, 0.1) is 5.69 Å². The molecule has 0 aliphatic carbocycles. The molecule has 2 aliphatic rings. The van der Waals surface area contributed by atoms with Gasteiger partial charge in [-0.25, -0.2) is 14.1 Å². The van der Waals surface area contributed by atoms with Crippen molar-refractivity contribution in [2.45, 2.75) is 31.2 Å². The Morgan fingerprint density at radius 2 is 1.48 bits per heavy atom. The Balaban J connectivity index is 1.06. The molecule has 0 saturated carbocycles. The molecule has 8 heteroatoms. The lowest BCUT2D eigenvalue weighted by atomic mass is 9.68. The normalized spacial score (nSPS) is 15.7. The number of likely N-dealkylation sites (tertiary alicyclic amines) is 1. The van der Waals surface area contributed by atoms with E-state index in [9.17, 15) is 14.0 Å². The quantitative estimate of drug-likeness (QED) is 0.260. The van der Waals surface area contributed by atoms with Gasteiger partial charge in [-0.1, -0.05) is 54.6 Å². The summed E-state index contributed by atoms with van der Waals surface area (Å²) in [5.74, 6) is -0.238. The summed E-state index contributed by atoms with van der Waals surface area (Å²) in [7, 11) is 0. The van der Waals surface area contributed by atoms with Gasteiger partial charge in [-0.15, -0.1) is 0 Å². The SMILES string of the molecule is O=C(c1ccc(Cc2ccc(F)cc2)cc1)N1CCC2(CC1)CN(C(=O)c1cccc(-n3cncn3)c1)Cc1ccccc12. The van der Waals surface area contributed by atoms with E-state index in [0.717, 1.165) is 35.2 Å². The number of carbonyl (C=O) groups is 2. The lowest BCUT2D eigenvalue weighted by Crippen LogP contribution is -2.54. The minimum absolute atomic E-state index is 0.0138. The van der Waals surface area contributed by atoms with Crippen molar-refractivity contribution in [3.63, 3.8) is 0 Å². The van der Waals surface area contributed by atoms with Crippen molar-refractivity contribution in [2.75, 3.05) is 19.6 Å². The van der Waals surface area contributed by atoms with Crippen molar-refractivity contribution in [3.8, 4) is 5.69 Å². The van der Waals surface area contributed by atoms with Gasteiger partial charge in [0.1, 0.15) is 18.5 Å². The summed E-state index contributed by atoms with van der Waals surface area (Å²) in [5.41, 5.74) is 6.39. The van der Waals surface area contributed by atoms with Gasteiger partial charge in [-0.05, 0) is 84.0 Å². The molecule has 0 bridgehead atoms. The third-order valence-electron chi connectivity index (χ3n) is 9.04. The highest BCUT2D eigenvalue weighted by molar-refractivity contribution is 5.95. The summed E-state index contributed by atoms with van der Waals surface area (Å²) in [5, 5.41) is 4.20. The number of fused-ring (bicyclic) bond motifs is 2. The van der Waals surface area contributed by atoms with E-state index in [1.54, 1.807) is 23.1 Å². The molecule has 7 rings (SSSR count). The lowest BCUT2D eigenvalue weighted by molar-refractivity contribution is 0.0509. The smallest absolute Gasteiger partial charge is 0.254 e. The highest BCUT2D eigenvalue weighted by Gasteiger charge is 2.44. The Morgan fingerprint density at radius 1 is 0.773 bits per heavy atom. The molecule has 4 aromatic carbocycles. The van der Waals surface area contributed by atoms with Crippen LogP contribution in [0.4, 0.5) is 4.39 Å². The van der Waals surface area contributed by atoms with Gasteiger partial charge in [-0.3, -0.25) is 9.59 Å². The van der Waals surface area contributed by atoms with Gasteiger partial charge in [0.15, 0.2) is 0 Å². The maximum Gasteiger partial charge on any atom is 0.254 e. The fourth-order valence-corrected chi connectivity index (χ4v) is 6.69. The van der Waals surface area contributed by atoms with E-state index >= 15 is 0 Å². The zero-order valence-electron chi connectivity index (χ0n) is 24.3. The van der Waals surface area contributed by atoms with E-state index in [1.807, 2.05) is 64.4 Å². The Hall–Kier alpha value is -5.11. The van der Waals surface area contributed by atoms with Crippen molar-refractivity contribution in [2.24, 2.45) is 0 Å². The fraction of sp³-hybridized carbons (Fsp3) is 0.222. The first-order valence-corrected chi connectivity index (χ1v) is 14.9. The maximum absolute atomic E-state index is 13.9. The number of carbonyl (C=O) groups excluding carboxylic acids is 2. The first-order chi connectivity index (χ1) is 21.5.